The van der Waals surface area contributed by atoms with Crippen molar-refractivity contribution in [3.63, 3.8) is 0 Å². The van der Waals surface area contributed by atoms with Crippen LogP contribution in [0.4, 0.5) is 10.5 Å². The standard InChI is InChI=1S/C24H23N3O3/c1-14(2)26-13-17(19-7-5-6-8-21(19)26)12-20-22(28)25-24(30)27(23(20)29)18-10-15(3)9-16(4)11-18/h5-14H,1-4H3,(H,25,28,30). The number of nitrogens with one attached hydrogen (secondary N) is 1. The van der Waals surface area contributed by atoms with Crippen LogP contribution in [0.2, 0.25) is 0 Å². The normalized spacial score (nSPS) is 16.1. The summed E-state index contributed by atoms with van der Waals surface area (Å²) in [6, 6.07) is 12.8. The molecule has 1 fully saturated rings. The first-order chi connectivity index (χ1) is 14.3. The van der Waals surface area contributed by atoms with Gasteiger partial charge in [-0.25, -0.2) is 9.69 Å². The number of nitrogens with zero attached hydrogens (tertiary/aromatic N) is 2. The molecule has 30 heavy (non-hydrogen) atoms. The van der Waals surface area contributed by atoms with Gasteiger partial charge in [-0.1, -0.05) is 24.3 Å². The molecule has 0 bridgehead atoms. The molecule has 1 aliphatic rings. The maximum Gasteiger partial charge on any atom is 0.335 e. The largest absolute Gasteiger partial charge is 0.344 e. The molecule has 0 unspecified atom stereocenters. The summed E-state index contributed by atoms with van der Waals surface area (Å²) < 4.78 is 2.10. The molecule has 1 N–H and O–H groups in total. The molecular weight excluding hydrogens is 378 g/mol. The zero-order valence-electron chi connectivity index (χ0n) is 17.4. The number of benzene rings is 2. The minimum Gasteiger partial charge on any atom is -0.344 e. The van der Waals surface area contributed by atoms with Gasteiger partial charge in [-0.3, -0.25) is 14.9 Å². The average molecular weight is 401 g/mol. The molecule has 4 amide bonds. The third-order valence-electron chi connectivity index (χ3n) is 5.19. The second-order valence-electron chi connectivity index (χ2n) is 7.91. The second kappa shape index (κ2) is 7.30. The molecule has 4 rings (SSSR count). The molecule has 3 aromatic rings. The van der Waals surface area contributed by atoms with Crippen molar-refractivity contribution in [1.29, 1.82) is 0 Å². The first-order valence-electron chi connectivity index (χ1n) is 9.85. The van der Waals surface area contributed by atoms with Crippen LogP contribution >= 0.6 is 0 Å². The van der Waals surface area contributed by atoms with E-state index in [0.717, 1.165) is 32.5 Å². The highest BCUT2D eigenvalue weighted by atomic mass is 16.2. The van der Waals surface area contributed by atoms with Crippen LogP contribution in [-0.4, -0.2) is 22.4 Å². The third-order valence-corrected chi connectivity index (χ3v) is 5.19. The number of carbonyl (C=O) groups is 3. The van der Waals surface area contributed by atoms with E-state index in [4.69, 9.17) is 0 Å². The van der Waals surface area contributed by atoms with E-state index in [1.54, 1.807) is 18.2 Å². The molecule has 0 atom stereocenters. The summed E-state index contributed by atoms with van der Waals surface area (Å²) in [6.45, 7) is 7.93. The van der Waals surface area contributed by atoms with Gasteiger partial charge in [0.1, 0.15) is 5.57 Å². The lowest BCUT2D eigenvalue weighted by Gasteiger charge is -2.27. The summed E-state index contributed by atoms with van der Waals surface area (Å²) in [4.78, 5) is 39.3. The third kappa shape index (κ3) is 3.30. The summed E-state index contributed by atoms with van der Waals surface area (Å²) in [6.07, 6.45) is 3.50. The molecule has 2 aromatic carbocycles. The molecule has 1 aliphatic heterocycles. The Labute approximate surface area is 174 Å². The summed E-state index contributed by atoms with van der Waals surface area (Å²) in [7, 11) is 0. The lowest BCUT2D eigenvalue weighted by molar-refractivity contribution is -0.122. The molecule has 0 aliphatic carbocycles. The van der Waals surface area contributed by atoms with Crippen molar-refractivity contribution in [3.8, 4) is 0 Å². The fourth-order valence-electron chi connectivity index (χ4n) is 3.90. The van der Waals surface area contributed by atoms with Crippen molar-refractivity contribution >= 4 is 40.5 Å². The fourth-order valence-corrected chi connectivity index (χ4v) is 3.90. The number of fused-ring (bicyclic) bond motifs is 1. The number of hydrogen-bond donors (Lipinski definition) is 1. The summed E-state index contributed by atoms with van der Waals surface area (Å²) in [5, 5.41) is 3.24. The van der Waals surface area contributed by atoms with Crippen molar-refractivity contribution in [3.05, 3.63) is 70.9 Å². The number of imide groups is 2. The number of aromatic nitrogens is 1. The van der Waals surface area contributed by atoms with Crippen molar-refractivity contribution in [2.45, 2.75) is 33.7 Å². The minimum atomic E-state index is -0.739. The molecule has 0 radical (unpaired) electrons. The monoisotopic (exact) mass is 401 g/mol. The quantitative estimate of drug-likeness (QED) is 0.519. The van der Waals surface area contributed by atoms with Crippen LogP contribution in [-0.2, 0) is 9.59 Å². The Hall–Kier alpha value is -3.67. The fraction of sp³-hybridized carbons (Fsp3) is 0.208. The van der Waals surface area contributed by atoms with Crippen LogP contribution in [0.1, 0.15) is 36.6 Å². The van der Waals surface area contributed by atoms with E-state index in [1.165, 1.54) is 0 Å². The molecule has 0 spiro atoms. The molecular formula is C24H23N3O3. The summed E-state index contributed by atoms with van der Waals surface area (Å²) in [5.41, 5.74) is 4.00. The number of hydrogen-bond acceptors (Lipinski definition) is 3. The molecule has 6 heteroatoms. The first kappa shape index (κ1) is 19.6. The number of amides is 4. The maximum atomic E-state index is 13.2. The van der Waals surface area contributed by atoms with Crippen molar-refractivity contribution in [2.75, 3.05) is 4.90 Å². The number of carbonyl (C=O) groups excluding carboxylic acids is 3. The van der Waals surface area contributed by atoms with Crippen LogP contribution in [0.5, 0.6) is 0 Å². The predicted molar refractivity (Wildman–Crippen MR) is 117 cm³/mol. The van der Waals surface area contributed by atoms with Crippen LogP contribution in [0.15, 0.2) is 54.2 Å². The first-order valence-corrected chi connectivity index (χ1v) is 9.85. The molecule has 1 aromatic heterocycles. The molecule has 2 heterocycles. The average Bonchev–Trinajstić information content (AvgIpc) is 3.03. The van der Waals surface area contributed by atoms with Crippen molar-refractivity contribution in [1.82, 2.24) is 9.88 Å². The molecule has 0 saturated carbocycles. The van der Waals surface area contributed by atoms with E-state index in [9.17, 15) is 14.4 Å². The van der Waals surface area contributed by atoms with Crippen molar-refractivity contribution in [2.24, 2.45) is 0 Å². The van der Waals surface area contributed by atoms with E-state index >= 15 is 0 Å². The minimum absolute atomic E-state index is 0.0691. The van der Waals surface area contributed by atoms with E-state index in [1.807, 2.05) is 50.4 Å². The number of para-hydroxylation sites is 1. The van der Waals surface area contributed by atoms with Crippen LogP contribution in [0.3, 0.4) is 0 Å². The van der Waals surface area contributed by atoms with E-state index < -0.39 is 17.8 Å². The predicted octanol–water partition coefficient (Wildman–Crippen LogP) is 4.51. The van der Waals surface area contributed by atoms with Crippen molar-refractivity contribution < 1.29 is 14.4 Å². The van der Waals surface area contributed by atoms with Crippen LogP contribution in [0.25, 0.3) is 17.0 Å². The van der Waals surface area contributed by atoms with Gasteiger partial charge in [0, 0.05) is 28.7 Å². The van der Waals surface area contributed by atoms with Gasteiger partial charge < -0.3 is 4.57 Å². The number of anilines is 1. The molecule has 6 nitrogen and oxygen atoms in total. The highest BCUT2D eigenvalue weighted by molar-refractivity contribution is 6.39. The number of urea groups is 1. The van der Waals surface area contributed by atoms with Gasteiger partial charge in [0.2, 0.25) is 0 Å². The maximum absolute atomic E-state index is 13.2. The number of rotatable bonds is 3. The van der Waals surface area contributed by atoms with Crippen LogP contribution in [0, 0.1) is 13.8 Å². The van der Waals surface area contributed by atoms with Gasteiger partial charge in [0.15, 0.2) is 0 Å². The Kier molecular flexibility index (Phi) is 4.78. The number of aryl methyl sites for hydroxylation is 2. The Morgan fingerprint density at radius 2 is 1.63 bits per heavy atom. The summed E-state index contributed by atoms with van der Waals surface area (Å²) in [5.74, 6) is -1.32. The van der Waals surface area contributed by atoms with Crippen LogP contribution < -0.4 is 10.2 Å². The Morgan fingerprint density at radius 3 is 2.30 bits per heavy atom. The lowest BCUT2D eigenvalue weighted by Crippen LogP contribution is -2.54. The molecule has 1 saturated heterocycles. The highest BCUT2D eigenvalue weighted by Gasteiger charge is 2.37. The van der Waals surface area contributed by atoms with Gasteiger partial charge >= 0.3 is 6.03 Å². The lowest BCUT2D eigenvalue weighted by atomic mass is 10.0. The Morgan fingerprint density at radius 1 is 0.967 bits per heavy atom. The Balaban J connectivity index is 1.83. The summed E-state index contributed by atoms with van der Waals surface area (Å²) >= 11 is 0. The van der Waals surface area contributed by atoms with Gasteiger partial charge in [0.05, 0.1) is 5.69 Å². The topological polar surface area (TPSA) is 71.4 Å². The second-order valence-corrected chi connectivity index (χ2v) is 7.91. The highest BCUT2D eigenvalue weighted by Crippen LogP contribution is 2.29. The zero-order valence-corrected chi connectivity index (χ0v) is 17.4. The molecule has 152 valence electrons. The van der Waals surface area contributed by atoms with Gasteiger partial charge in [-0.2, -0.15) is 0 Å². The number of barbiturate groups is 1. The van der Waals surface area contributed by atoms with Gasteiger partial charge in [-0.05, 0) is 63.1 Å². The van der Waals surface area contributed by atoms with E-state index in [2.05, 4.69) is 23.7 Å². The Bertz CT molecular complexity index is 1210. The van der Waals surface area contributed by atoms with E-state index in [0.29, 0.717) is 5.69 Å². The van der Waals surface area contributed by atoms with Gasteiger partial charge in [-0.15, -0.1) is 0 Å². The SMILES string of the molecule is Cc1cc(C)cc(N2C(=O)NC(=O)C(=Cc3cn(C(C)C)c4ccccc34)C2=O)c1. The van der Waals surface area contributed by atoms with Gasteiger partial charge in [0.25, 0.3) is 11.8 Å². The van der Waals surface area contributed by atoms with E-state index in [-0.39, 0.29) is 11.6 Å². The zero-order chi connectivity index (χ0) is 21.6. The smallest absolute Gasteiger partial charge is 0.335 e.